The number of aliphatic hydroxyl groups is 1. The molecule has 210 valence electrons. The molecule has 0 aliphatic carbocycles. The topological polar surface area (TPSA) is 49.8 Å². The van der Waals surface area contributed by atoms with E-state index in [1.165, 1.54) is 6.92 Å². The summed E-state index contributed by atoms with van der Waals surface area (Å²) < 4.78 is 127. The average molecular weight is 557 g/mol. The number of nitrogens with zero attached hydrogens (tertiary/aromatic N) is 1. The number of rotatable bonds is 4. The van der Waals surface area contributed by atoms with E-state index >= 15 is 0 Å². The van der Waals surface area contributed by atoms with E-state index in [2.05, 4.69) is 0 Å². The van der Waals surface area contributed by atoms with Gasteiger partial charge in [-0.3, -0.25) is 4.90 Å². The molecule has 1 aliphatic heterocycles. The van der Waals surface area contributed by atoms with Gasteiger partial charge in [0.05, 0.1) is 34.6 Å². The summed E-state index contributed by atoms with van der Waals surface area (Å²) in [5, 5.41) is 11.5. The number of carbonyl (C=O) groups excluding carboxylic acids is 1. The summed E-state index contributed by atoms with van der Waals surface area (Å²) in [7, 11) is 0. The quantitative estimate of drug-likeness (QED) is 0.389. The zero-order chi connectivity index (χ0) is 28.8. The fraction of sp³-hybridized carbons (Fsp3) is 0.480. The highest BCUT2D eigenvalue weighted by Gasteiger charge is 2.47. The fourth-order valence-electron chi connectivity index (χ4n) is 4.70. The van der Waals surface area contributed by atoms with Crippen LogP contribution in [-0.4, -0.2) is 23.8 Å². The number of alkyl halides is 9. The molecule has 13 heteroatoms. The largest absolute Gasteiger partial charge is 0.449 e. The van der Waals surface area contributed by atoms with Crippen LogP contribution in [0.3, 0.4) is 0 Å². The van der Waals surface area contributed by atoms with Crippen molar-refractivity contribution in [2.45, 2.75) is 69.7 Å². The van der Waals surface area contributed by atoms with Crippen molar-refractivity contribution < 1.29 is 54.2 Å². The maximum absolute atomic E-state index is 13.6. The Morgan fingerprint density at radius 1 is 0.868 bits per heavy atom. The standard InChI is InChI=1S/C25H24F9NO3/c1-4-17-12-19(18-11-13(23(26,27)28)6-7-20(18)35(17)21(36)38-5-2)22(3,37)14-8-15(24(29,30)31)10-16(9-14)25(32,33)34/h6-11,17,19,37H,4-5,12H2,1-3H3/t17-,19+,22+/m1/s1. The lowest BCUT2D eigenvalue weighted by Crippen LogP contribution is -2.48. The van der Waals surface area contributed by atoms with Gasteiger partial charge in [-0.05, 0) is 74.2 Å². The highest BCUT2D eigenvalue weighted by atomic mass is 19.4. The van der Waals surface area contributed by atoms with Gasteiger partial charge >= 0.3 is 24.6 Å². The van der Waals surface area contributed by atoms with Crippen LogP contribution in [0.4, 0.5) is 50.0 Å². The number of halogens is 9. The van der Waals surface area contributed by atoms with Crippen LogP contribution < -0.4 is 4.90 Å². The third-order valence-electron chi connectivity index (χ3n) is 6.65. The third-order valence-corrected chi connectivity index (χ3v) is 6.65. The molecule has 0 saturated heterocycles. The number of anilines is 1. The SMILES string of the molecule is CCOC(=O)N1c2ccc(C(F)(F)F)cc2[C@@H]([C@@](C)(O)c2cc(C(F)(F)F)cc(C(F)(F)F)c2)C[C@H]1CC. The van der Waals surface area contributed by atoms with Gasteiger partial charge in [-0.25, -0.2) is 4.79 Å². The molecular formula is C25H24F9NO3. The second-order valence-corrected chi connectivity index (χ2v) is 9.13. The number of benzene rings is 2. The van der Waals surface area contributed by atoms with Crippen molar-refractivity contribution in [2.24, 2.45) is 0 Å². The van der Waals surface area contributed by atoms with Crippen molar-refractivity contribution in [3.05, 3.63) is 64.2 Å². The molecular weight excluding hydrogens is 533 g/mol. The first-order valence-corrected chi connectivity index (χ1v) is 11.5. The molecule has 2 aromatic rings. The minimum atomic E-state index is -5.20. The molecule has 3 rings (SSSR count). The van der Waals surface area contributed by atoms with Crippen molar-refractivity contribution >= 4 is 11.8 Å². The second kappa shape index (κ2) is 9.97. The molecule has 2 aromatic carbocycles. The molecule has 1 heterocycles. The van der Waals surface area contributed by atoms with Crippen molar-refractivity contribution in [1.29, 1.82) is 0 Å². The van der Waals surface area contributed by atoms with E-state index in [0.29, 0.717) is 24.3 Å². The summed E-state index contributed by atoms with van der Waals surface area (Å²) in [5.74, 6) is -1.42. The molecule has 0 fully saturated rings. The van der Waals surface area contributed by atoms with Crippen molar-refractivity contribution in [1.82, 2.24) is 0 Å². The van der Waals surface area contributed by atoms with Gasteiger partial charge in [0.25, 0.3) is 0 Å². The Bertz CT molecular complexity index is 1150. The maximum atomic E-state index is 13.6. The van der Waals surface area contributed by atoms with Gasteiger partial charge in [-0.1, -0.05) is 6.92 Å². The van der Waals surface area contributed by atoms with E-state index in [0.717, 1.165) is 17.9 Å². The molecule has 0 unspecified atom stereocenters. The maximum Gasteiger partial charge on any atom is 0.416 e. The highest BCUT2D eigenvalue weighted by molar-refractivity contribution is 5.90. The third kappa shape index (κ3) is 5.71. The van der Waals surface area contributed by atoms with Gasteiger partial charge in [-0.15, -0.1) is 0 Å². The lowest BCUT2D eigenvalue weighted by Gasteiger charge is -2.45. The first-order valence-electron chi connectivity index (χ1n) is 11.5. The molecule has 1 N–H and O–H groups in total. The van der Waals surface area contributed by atoms with Crippen LogP contribution in [0, 0.1) is 0 Å². The molecule has 38 heavy (non-hydrogen) atoms. The van der Waals surface area contributed by atoms with Gasteiger partial charge in [0.1, 0.15) is 0 Å². The van der Waals surface area contributed by atoms with Crippen molar-refractivity contribution in [3.63, 3.8) is 0 Å². The number of fused-ring (bicyclic) bond motifs is 1. The van der Waals surface area contributed by atoms with E-state index in [9.17, 15) is 49.4 Å². The number of amides is 1. The van der Waals surface area contributed by atoms with Crippen LogP contribution in [-0.2, 0) is 28.9 Å². The zero-order valence-electron chi connectivity index (χ0n) is 20.4. The highest BCUT2D eigenvalue weighted by Crippen LogP contribution is 2.51. The van der Waals surface area contributed by atoms with Gasteiger partial charge in [-0.2, -0.15) is 39.5 Å². The predicted molar refractivity (Wildman–Crippen MR) is 118 cm³/mol. The first kappa shape index (κ1) is 29.6. The second-order valence-electron chi connectivity index (χ2n) is 9.13. The van der Waals surface area contributed by atoms with Crippen LogP contribution in [0.15, 0.2) is 36.4 Å². The lowest BCUT2D eigenvalue weighted by molar-refractivity contribution is -0.143. The molecule has 1 aliphatic rings. The molecule has 1 amide bonds. The minimum Gasteiger partial charge on any atom is -0.449 e. The fourth-order valence-corrected chi connectivity index (χ4v) is 4.70. The molecule has 0 aromatic heterocycles. The Morgan fingerprint density at radius 3 is 1.82 bits per heavy atom. The minimum absolute atomic E-state index is 0.0622. The predicted octanol–water partition coefficient (Wildman–Crippen LogP) is 7.88. The Kier molecular flexibility index (Phi) is 7.77. The lowest BCUT2D eigenvalue weighted by atomic mass is 9.71. The van der Waals surface area contributed by atoms with Gasteiger partial charge < -0.3 is 9.84 Å². The van der Waals surface area contributed by atoms with E-state index in [4.69, 9.17) is 4.74 Å². The van der Waals surface area contributed by atoms with Gasteiger partial charge in [0, 0.05) is 12.0 Å². The van der Waals surface area contributed by atoms with Crippen LogP contribution in [0.5, 0.6) is 0 Å². The van der Waals surface area contributed by atoms with Crippen molar-refractivity contribution in [3.8, 4) is 0 Å². The molecule has 3 atom stereocenters. The number of hydrogen-bond donors (Lipinski definition) is 1. The Morgan fingerprint density at radius 2 is 1.37 bits per heavy atom. The van der Waals surface area contributed by atoms with Gasteiger partial charge in [0.2, 0.25) is 0 Å². The molecule has 0 radical (unpaired) electrons. The van der Waals surface area contributed by atoms with Crippen LogP contribution >= 0.6 is 0 Å². The summed E-state index contributed by atoms with van der Waals surface area (Å²) in [5.41, 5.74) is -8.18. The number of ether oxygens (including phenoxy) is 1. The molecule has 0 spiro atoms. The Labute approximate surface area is 212 Å². The molecule has 4 nitrogen and oxygen atoms in total. The number of carbonyl (C=O) groups is 1. The summed E-state index contributed by atoms with van der Waals surface area (Å²) in [6.07, 6.45) is -16.2. The van der Waals surface area contributed by atoms with E-state index in [1.54, 1.807) is 6.92 Å². The number of hydrogen-bond acceptors (Lipinski definition) is 3. The van der Waals surface area contributed by atoms with Gasteiger partial charge in [0.15, 0.2) is 0 Å². The Balaban J connectivity index is 2.29. The smallest absolute Gasteiger partial charge is 0.416 e. The van der Waals surface area contributed by atoms with Crippen molar-refractivity contribution in [2.75, 3.05) is 11.5 Å². The normalized spacial score (nSPS) is 20.1. The van der Waals surface area contributed by atoms with E-state index in [1.807, 2.05) is 0 Å². The van der Waals surface area contributed by atoms with Crippen LogP contribution in [0.1, 0.15) is 67.3 Å². The Hall–Kier alpha value is -2.96. The molecule has 0 bridgehead atoms. The summed E-state index contributed by atoms with van der Waals surface area (Å²) in [6.45, 7) is 4.02. The van der Waals surface area contributed by atoms with Crippen LogP contribution in [0.2, 0.25) is 0 Å². The van der Waals surface area contributed by atoms with E-state index in [-0.39, 0.29) is 36.8 Å². The summed E-state index contributed by atoms with van der Waals surface area (Å²) >= 11 is 0. The zero-order valence-corrected chi connectivity index (χ0v) is 20.4. The monoisotopic (exact) mass is 557 g/mol. The van der Waals surface area contributed by atoms with E-state index < -0.39 is 64.4 Å². The average Bonchev–Trinajstić information content (AvgIpc) is 2.80. The summed E-state index contributed by atoms with van der Waals surface area (Å²) in [4.78, 5) is 13.8. The summed E-state index contributed by atoms with van der Waals surface area (Å²) in [6, 6.07) is 2.12. The first-order chi connectivity index (χ1) is 17.3. The molecule has 0 saturated carbocycles. The van der Waals surface area contributed by atoms with Crippen LogP contribution in [0.25, 0.3) is 0 Å².